The molecule has 3 aromatic rings. The molecule has 1 aromatic carbocycles. The van der Waals surface area contributed by atoms with Crippen LogP contribution >= 0.6 is 22.9 Å². The summed E-state index contributed by atoms with van der Waals surface area (Å²) in [5.41, 5.74) is 3.50. The number of thiazole rings is 1. The van der Waals surface area contributed by atoms with E-state index >= 15 is 0 Å². The molecule has 128 valence electrons. The van der Waals surface area contributed by atoms with Crippen molar-refractivity contribution >= 4 is 22.9 Å². The summed E-state index contributed by atoms with van der Waals surface area (Å²) in [6.07, 6.45) is 0.768. The zero-order valence-corrected chi connectivity index (χ0v) is 15.3. The van der Waals surface area contributed by atoms with Crippen molar-refractivity contribution in [2.24, 2.45) is 0 Å². The summed E-state index contributed by atoms with van der Waals surface area (Å²) in [6.45, 7) is 4.26. The van der Waals surface area contributed by atoms with Crippen LogP contribution in [-0.4, -0.2) is 26.4 Å². The van der Waals surface area contributed by atoms with Gasteiger partial charge in [-0.1, -0.05) is 11.6 Å². The normalized spacial score (nSPS) is 14.5. The van der Waals surface area contributed by atoms with Crippen LogP contribution in [0.5, 0.6) is 0 Å². The van der Waals surface area contributed by atoms with Crippen molar-refractivity contribution in [3.63, 3.8) is 0 Å². The second-order valence-corrected chi connectivity index (χ2v) is 7.57. The van der Waals surface area contributed by atoms with E-state index in [-0.39, 0.29) is 5.56 Å². The maximum atomic E-state index is 12.6. The van der Waals surface area contributed by atoms with Gasteiger partial charge in [0.1, 0.15) is 10.8 Å². The topological polar surface area (TPSA) is 61.9 Å². The van der Waals surface area contributed by atoms with Crippen molar-refractivity contribution < 1.29 is 0 Å². The second kappa shape index (κ2) is 6.71. The van der Waals surface area contributed by atoms with Gasteiger partial charge in [-0.3, -0.25) is 9.69 Å². The van der Waals surface area contributed by atoms with Crippen molar-refractivity contribution in [3.8, 4) is 11.4 Å². The van der Waals surface area contributed by atoms with Crippen molar-refractivity contribution in [1.29, 1.82) is 0 Å². The lowest BCUT2D eigenvalue weighted by Crippen LogP contribution is -2.35. The average Bonchev–Trinajstić information content (AvgIpc) is 3.01. The smallest absolute Gasteiger partial charge is 0.255 e. The van der Waals surface area contributed by atoms with Gasteiger partial charge in [0, 0.05) is 41.2 Å². The highest BCUT2D eigenvalue weighted by molar-refractivity contribution is 7.09. The van der Waals surface area contributed by atoms with E-state index in [1.54, 1.807) is 23.5 Å². The summed E-state index contributed by atoms with van der Waals surface area (Å²) in [7, 11) is 0. The fraction of sp³-hybridized carbons (Fsp3) is 0.278. The van der Waals surface area contributed by atoms with Gasteiger partial charge in [-0.2, -0.15) is 0 Å². The third kappa shape index (κ3) is 3.51. The number of nitrogens with zero attached hydrogens (tertiary/aromatic N) is 3. The standard InChI is InChI=1S/C18H17ClN4OS/c1-11-10-25-16(20-11)9-23-7-6-15-14(8-23)18(24)22-17(21-15)12-2-4-13(19)5-3-12/h2-5,10H,6-9H2,1H3,(H,21,22,24). The fourth-order valence-corrected chi connectivity index (χ4v) is 3.97. The third-order valence-electron chi connectivity index (χ3n) is 4.29. The van der Waals surface area contributed by atoms with Gasteiger partial charge in [-0.25, -0.2) is 9.97 Å². The molecule has 0 unspecified atom stereocenters. The maximum Gasteiger partial charge on any atom is 0.255 e. The van der Waals surface area contributed by atoms with Crippen LogP contribution in [0.3, 0.4) is 0 Å². The van der Waals surface area contributed by atoms with Crippen LogP contribution in [0.1, 0.15) is 22.0 Å². The van der Waals surface area contributed by atoms with Crippen LogP contribution in [0.2, 0.25) is 5.02 Å². The molecule has 3 heterocycles. The van der Waals surface area contributed by atoms with E-state index in [4.69, 9.17) is 11.6 Å². The lowest BCUT2D eigenvalue weighted by Gasteiger charge is -2.26. The molecular weight excluding hydrogens is 356 g/mol. The number of rotatable bonds is 3. The first kappa shape index (κ1) is 16.4. The van der Waals surface area contributed by atoms with Gasteiger partial charge in [0.05, 0.1) is 17.8 Å². The van der Waals surface area contributed by atoms with Gasteiger partial charge in [0.25, 0.3) is 5.56 Å². The average molecular weight is 373 g/mol. The minimum Gasteiger partial charge on any atom is -0.306 e. The van der Waals surface area contributed by atoms with E-state index in [1.165, 1.54) is 0 Å². The highest BCUT2D eigenvalue weighted by Crippen LogP contribution is 2.22. The van der Waals surface area contributed by atoms with Crippen molar-refractivity contribution in [2.75, 3.05) is 6.54 Å². The monoisotopic (exact) mass is 372 g/mol. The number of aryl methyl sites for hydroxylation is 1. The minimum absolute atomic E-state index is 0.0602. The zero-order valence-electron chi connectivity index (χ0n) is 13.8. The molecule has 5 nitrogen and oxygen atoms in total. The number of aromatic amines is 1. The second-order valence-electron chi connectivity index (χ2n) is 6.19. The number of benzene rings is 1. The number of halogens is 1. The van der Waals surface area contributed by atoms with Gasteiger partial charge in [0.15, 0.2) is 0 Å². The lowest BCUT2D eigenvalue weighted by atomic mass is 10.1. The maximum absolute atomic E-state index is 12.6. The summed E-state index contributed by atoms with van der Waals surface area (Å²) in [5.74, 6) is 0.601. The molecule has 0 radical (unpaired) electrons. The molecule has 1 aliphatic heterocycles. The predicted molar refractivity (Wildman–Crippen MR) is 100.0 cm³/mol. The van der Waals surface area contributed by atoms with E-state index in [9.17, 15) is 4.79 Å². The molecule has 0 saturated heterocycles. The van der Waals surface area contributed by atoms with Crippen LogP contribution in [-0.2, 0) is 19.5 Å². The molecule has 1 N–H and O–H groups in total. The Bertz CT molecular complexity index is 964. The molecule has 0 fully saturated rings. The van der Waals surface area contributed by atoms with E-state index in [0.717, 1.165) is 47.0 Å². The first-order valence-corrected chi connectivity index (χ1v) is 9.35. The number of fused-ring (bicyclic) bond motifs is 1. The number of hydrogen-bond donors (Lipinski definition) is 1. The molecule has 0 aliphatic carbocycles. The molecule has 1 aliphatic rings. The Morgan fingerprint density at radius 2 is 2.08 bits per heavy atom. The van der Waals surface area contributed by atoms with Crippen molar-refractivity contribution in [2.45, 2.75) is 26.4 Å². The molecule has 2 aromatic heterocycles. The van der Waals surface area contributed by atoms with E-state index in [2.05, 4.69) is 25.2 Å². The number of hydrogen-bond acceptors (Lipinski definition) is 5. The molecule has 4 rings (SSSR count). The van der Waals surface area contributed by atoms with Gasteiger partial charge < -0.3 is 4.98 Å². The third-order valence-corrected chi connectivity index (χ3v) is 5.49. The zero-order chi connectivity index (χ0) is 17.4. The summed E-state index contributed by atoms with van der Waals surface area (Å²) >= 11 is 7.59. The Morgan fingerprint density at radius 3 is 2.80 bits per heavy atom. The van der Waals surface area contributed by atoms with Crippen LogP contribution in [0.15, 0.2) is 34.4 Å². The Morgan fingerprint density at radius 1 is 1.28 bits per heavy atom. The first-order chi connectivity index (χ1) is 12.1. The van der Waals surface area contributed by atoms with Crippen LogP contribution in [0, 0.1) is 6.92 Å². The Balaban J connectivity index is 1.59. The minimum atomic E-state index is -0.0602. The highest BCUT2D eigenvalue weighted by atomic mass is 35.5. The van der Waals surface area contributed by atoms with Gasteiger partial charge in [-0.15, -0.1) is 11.3 Å². The predicted octanol–water partition coefficient (Wildman–Crippen LogP) is 3.41. The van der Waals surface area contributed by atoms with Crippen molar-refractivity contribution in [3.05, 3.63) is 67.0 Å². The first-order valence-electron chi connectivity index (χ1n) is 8.10. The highest BCUT2D eigenvalue weighted by Gasteiger charge is 2.22. The Hall–Kier alpha value is -2.02. The molecular formula is C18H17ClN4OS. The summed E-state index contributed by atoms with van der Waals surface area (Å²) in [5, 5.41) is 3.81. The van der Waals surface area contributed by atoms with E-state index < -0.39 is 0 Å². The Kier molecular flexibility index (Phi) is 4.41. The van der Waals surface area contributed by atoms with E-state index in [0.29, 0.717) is 17.4 Å². The number of aromatic nitrogens is 3. The van der Waals surface area contributed by atoms with Crippen LogP contribution in [0.25, 0.3) is 11.4 Å². The van der Waals surface area contributed by atoms with Gasteiger partial charge in [0.2, 0.25) is 0 Å². The summed E-state index contributed by atoms with van der Waals surface area (Å²) < 4.78 is 0. The molecule has 0 atom stereocenters. The fourth-order valence-electron chi connectivity index (χ4n) is 3.03. The summed E-state index contributed by atoms with van der Waals surface area (Å²) in [6, 6.07) is 7.34. The molecule has 0 saturated carbocycles. The lowest BCUT2D eigenvalue weighted by molar-refractivity contribution is 0.241. The molecule has 25 heavy (non-hydrogen) atoms. The van der Waals surface area contributed by atoms with Gasteiger partial charge >= 0.3 is 0 Å². The van der Waals surface area contributed by atoms with Crippen LogP contribution in [0.4, 0.5) is 0 Å². The molecule has 0 amide bonds. The Labute approximate surface area is 154 Å². The largest absolute Gasteiger partial charge is 0.306 e. The van der Waals surface area contributed by atoms with Crippen LogP contribution < -0.4 is 5.56 Å². The number of H-pyrrole nitrogens is 1. The molecule has 7 heteroatoms. The van der Waals surface area contributed by atoms with Gasteiger partial charge in [-0.05, 0) is 31.2 Å². The summed E-state index contributed by atoms with van der Waals surface area (Å²) in [4.78, 5) is 26.9. The SMILES string of the molecule is Cc1csc(CN2CCc3nc(-c4ccc(Cl)cc4)[nH]c(=O)c3C2)n1. The van der Waals surface area contributed by atoms with E-state index in [1.807, 2.05) is 19.1 Å². The quantitative estimate of drug-likeness (QED) is 0.765. The molecule has 0 bridgehead atoms. The number of nitrogens with one attached hydrogen (secondary N) is 1. The van der Waals surface area contributed by atoms with Crippen molar-refractivity contribution in [1.82, 2.24) is 19.9 Å². The molecule has 0 spiro atoms.